The predicted molar refractivity (Wildman–Crippen MR) is 51.1 cm³/mol. The van der Waals surface area contributed by atoms with Crippen molar-refractivity contribution in [3.8, 4) is 0 Å². The zero-order valence-electron chi connectivity index (χ0n) is 8.27. The molecule has 1 unspecified atom stereocenters. The molecule has 0 heterocycles. The van der Waals surface area contributed by atoms with E-state index in [4.69, 9.17) is 5.11 Å². The zero-order valence-corrected chi connectivity index (χ0v) is 8.27. The molecule has 0 aromatic carbocycles. The predicted octanol–water partition coefficient (Wildman–Crippen LogP) is 1.54. The third-order valence-electron chi connectivity index (χ3n) is 3.01. The standard InChI is InChI=1S/C10H21NO/c1-10(2)6-4-3-5-9(10)11-7-8-12/h9,11-12H,3-8H2,1-2H3. The molecule has 0 amide bonds. The molecular formula is C10H21NO. The van der Waals surface area contributed by atoms with E-state index in [2.05, 4.69) is 19.2 Å². The summed E-state index contributed by atoms with van der Waals surface area (Å²) in [4.78, 5) is 0. The van der Waals surface area contributed by atoms with Gasteiger partial charge in [-0.15, -0.1) is 0 Å². The molecule has 72 valence electrons. The van der Waals surface area contributed by atoms with Crippen LogP contribution in [-0.2, 0) is 0 Å². The Morgan fingerprint density at radius 2 is 2.17 bits per heavy atom. The number of hydrogen-bond donors (Lipinski definition) is 2. The van der Waals surface area contributed by atoms with Crippen LogP contribution in [0.3, 0.4) is 0 Å². The maximum absolute atomic E-state index is 8.70. The molecule has 0 saturated heterocycles. The highest BCUT2D eigenvalue weighted by Crippen LogP contribution is 2.35. The quantitative estimate of drug-likeness (QED) is 0.675. The van der Waals surface area contributed by atoms with Crippen molar-refractivity contribution in [1.29, 1.82) is 0 Å². The van der Waals surface area contributed by atoms with E-state index >= 15 is 0 Å². The fourth-order valence-corrected chi connectivity index (χ4v) is 2.11. The third-order valence-corrected chi connectivity index (χ3v) is 3.01. The second kappa shape index (κ2) is 4.24. The highest BCUT2D eigenvalue weighted by atomic mass is 16.3. The number of aliphatic hydroxyl groups excluding tert-OH is 1. The van der Waals surface area contributed by atoms with Gasteiger partial charge in [0.25, 0.3) is 0 Å². The number of nitrogens with one attached hydrogen (secondary N) is 1. The van der Waals surface area contributed by atoms with Crippen molar-refractivity contribution >= 4 is 0 Å². The van der Waals surface area contributed by atoms with Gasteiger partial charge in [0, 0.05) is 12.6 Å². The second-order valence-electron chi connectivity index (χ2n) is 4.46. The van der Waals surface area contributed by atoms with Crippen molar-refractivity contribution in [2.75, 3.05) is 13.2 Å². The summed E-state index contributed by atoms with van der Waals surface area (Å²) >= 11 is 0. The van der Waals surface area contributed by atoms with Crippen LogP contribution in [0, 0.1) is 5.41 Å². The fraction of sp³-hybridized carbons (Fsp3) is 1.00. The molecule has 0 aromatic rings. The Balaban J connectivity index is 2.37. The molecule has 0 spiro atoms. The van der Waals surface area contributed by atoms with Gasteiger partial charge in [0.2, 0.25) is 0 Å². The number of hydrogen-bond acceptors (Lipinski definition) is 2. The van der Waals surface area contributed by atoms with E-state index in [9.17, 15) is 0 Å². The van der Waals surface area contributed by atoms with Crippen molar-refractivity contribution in [3.05, 3.63) is 0 Å². The molecule has 2 heteroatoms. The Labute approximate surface area is 75.4 Å². The van der Waals surface area contributed by atoms with Crippen LogP contribution in [0.15, 0.2) is 0 Å². The van der Waals surface area contributed by atoms with Gasteiger partial charge in [-0.25, -0.2) is 0 Å². The minimum absolute atomic E-state index is 0.257. The van der Waals surface area contributed by atoms with Gasteiger partial charge in [0.1, 0.15) is 0 Å². The molecule has 0 bridgehead atoms. The second-order valence-corrected chi connectivity index (χ2v) is 4.46. The van der Waals surface area contributed by atoms with Crippen molar-refractivity contribution in [1.82, 2.24) is 5.32 Å². The maximum Gasteiger partial charge on any atom is 0.0556 e. The average Bonchev–Trinajstić information content (AvgIpc) is 2.02. The van der Waals surface area contributed by atoms with E-state index in [-0.39, 0.29) is 6.61 Å². The molecule has 1 fully saturated rings. The van der Waals surface area contributed by atoms with Gasteiger partial charge in [-0.3, -0.25) is 0 Å². The molecule has 1 rings (SSSR count). The van der Waals surface area contributed by atoms with Gasteiger partial charge in [0.15, 0.2) is 0 Å². The molecule has 1 saturated carbocycles. The molecule has 0 radical (unpaired) electrons. The number of rotatable bonds is 3. The Hall–Kier alpha value is -0.0800. The van der Waals surface area contributed by atoms with Crippen molar-refractivity contribution < 1.29 is 5.11 Å². The van der Waals surface area contributed by atoms with Crippen molar-refractivity contribution in [3.63, 3.8) is 0 Å². The summed E-state index contributed by atoms with van der Waals surface area (Å²) < 4.78 is 0. The molecule has 0 aliphatic heterocycles. The van der Waals surface area contributed by atoms with E-state index in [0.717, 1.165) is 6.54 Å². The normalized spacial score (nSPS) is 28.8. The summed E-state index contributed by atoms with van der Waals surface area (Å²) in [6.07, 6.45) is 5.29. The van der Waals surface area contributed by atoms with Crippen LogP contribution in [0.1, 0.15) is 39.5 Å². The Kier molecular flexibility index (Phi) is 3.53. The summed E-state index contributed by atoms with van der Waals surface area (Å²) in [7, 11) is 0. The third kappa shape index (κ3) is 2.46. The van der Waals surface area contributed by atoms with Crippen LogP contribution in [0.5, 0.6) is 0 Å². The summed E-state index contributed by atoms with van der Waals surface area (Å²) in [5, 5.41) is 12.1. The maximum atomic E-state index is 8.70. The molecule has 1 atom stereocenters. The SMILES string of the molecule is CC1(C)CCCCC1NCCO. The van der Waals surface area contributed by atoms with Crippen LogP contribution in [0.25, 0.3) is 0 Å². The average molecular weight is 171 g/mol. The van der Waals surface area contributed by atoms with E-state index in [1.807, 2.05) is 0 Å². The topological polar surface area (TPSA) is 32.3 Å². The van der Waals surface area contributed by atoms with E-state index in [1.165, 1.54) is 25.7 Å². The summed E-state index contributed by atoms with van der Waals surface area (Å²) in [5.74, 6) is 0. The summed E-state index contributed by atoms with van der Waals surface area (Å²) in [6, 6.07) is 0.610. The van der Waals surface area contributed by atoms with Crippen LogP contribution < -0.4 is 5.32 Å². The van der Waals surface area contributed by atoms with Gasteiger partial charge in [-0.05, 0) is 18.3 Å². The highest BCUT2D eigenvalue weighted by Gasteiger charge is 2.31. The van der Waals surface area contributed by atoms with Gasteiger partial charge in [-0.1, -0.05) is 26.7 Å². The van der Waals surface area contributed by atoms with E-state index < -0.39 is 0 Å². The fourth-order valence-electron chi connectivity index (χ4n) is 2.11. The van der Waals surface area contributed by atoms with Gasteiger partial charge in [0.05, 0.1) is 6.61 Å². The van der Waals surface area contributed by atoms with Crippen LogP contribution in [0.4, 0.5) is 0 Å². The van der Waals surface area contributed by atoms with Crippen LogP contribution >= 0.6 is 0 Å². The summed E-state index contributed by atoms with van der Waals surface area (Å²) in [6.45, 7) is 5.64. The van der Waals surface area contributed by atoms with Gasteiger partial charge < -0.3 is 10.4 Å². The lowest BCUT2D eigenvalue weighted by atomic mass is 9.73. The van der Waals surface area contributed by atoms with Gasteiger partial charge in [-0.2, -0.15) is 0 Å². The zero-order chi connectivity index (χ0) is 9.03. The first-order valence-electron chi connectivity index (χ1n) is 5.01. The van der Waals surface area contributed by atoms with Crippen molar-refractivity contribution in [2.24, 2.45) is 5.41 Å². The van der Waals surface area contributed by atoms with E-state index in [0.29, 0.717) is 11.5 Å². The molecule has 0 aromatic heterocycles. The minimum Gasteiger partial charge on any atom is -0.395 e. The molecule has 1 aliphatic carbocycles. The first-order chi connectivity index (χ1) is 5.67. The lowest BCUT2D eigenvalue weighted by Gasteiger charge is -2.39. The van der Waals surface area contributed by atoms with Crippen molar-refractivity contribution in [2.45, 2.75) is 45.6 Å². The van der Waals surface area contributed by atoms with Gasteiger partial charge >= 0.3 is 0 Å². The minimum atomic E-state index is 0.257. The molecule has 2 N–H and O–H groups in total. The first-order valence-corrected chi connectivity index (χ1v) is 5.01. The van der Waals surface area contributed by atoms with E-state index in [1.54, 1.807) is 0 Å². The molecular weight excluding hydrogens is 150 g/mol. The monoisotopic (exact) mass is 171 g/mol. The van der Waals surface area contributed by atoms with Crippen LogP contribution in [-0.4, -0.2) is 24.3 Å². The lowest BCUT2D eigenvalue weighted by Crippen LogP contribution is -2.45. The largest absolute Gasteiger partial charge is 0.395 e. The Morgan fingerprint density at radius 1 is 1.42 bits per heavy atom. The highest BCUT2D eigenvalue weighted by molar-refractivity contribution is 4.87. The molecule has 12 heavy (non-hydrogen) atoms. The number of aliphatic hydroxyl groups is 1. The Bertz CT molecular complexity index is 134. The summed E-state index contributed by atoms with van der Waals surface area (Å²) in [5.41, 5.74) is 0.424. The van der Waals surface area contributed by atoms with Crippen LogP contribution in [0.2, 0.25) is 0 Å². The smallest absolute Gasteiger partial charge is 0.0556 e. The Morgan fingerprint density at radius 3 is 2.75 bits per heavy atom. The molecule has 1 aliphatic rings. The lowest BCUT2D eigenvalue weighted by molar-refractivity contribution is 0.158. The first kappa shape index (κ1) is 10.0. The molecule has 2 nitrogen and oxygen atoms in total.